The van der Waals surface area contributed by atoms with Gasteiger partial charge in [-0.15, -0.1) is 0 Å². The number of nitrogens with zero attached hydrogens (tertiary/aromatic N) is 2. The standard InChI is InChI=1S/C19H20N2O/c1-3-21(4-2)15-11-9-14(10-12-15)18-13-19(22)16-7-5-6-8-17(16)20-18/h5-13H,3-4H2,1-2H3,(H,20,22). The van der Waals surface area contributed by atoms with Crippen LogP contribution >= 0.6 is 0 Å². The maximum absolute atomic E-state index is 10.2. The summed E-state index contributed by atoms with van der Waals surface area (Å²) in [5.74, 6) is 0.272. The molecule has 22 heavy (non-hydrogen) atoms. The average molecular weight is 292 g/mol. The maximum atomic E-state index is 10.2. The van der Waals surface area contributed by atoms with Gasteiger partial charge in [0.15, 0.2) is 0 Å². The molecule has 2 aromatic carbocycles. The van der Waals surface area contributed by atoms with Crippen LogP contribution in [0.1, 0.15) is 13.8 Å². The molecule has 3 aromatic rings. The van der Waals surface area contributed by atoms with Gasteiger partial charge in [0.05, 0.1) is 11.2 Å². The van der Waals surface area contributed by atoms with Crippen LogP contribution in [0.2, 0.25) is 0 Å². The van der Waals surface area contributed by atoms with Crippen LogP contribution in [0.5, 0.6) is 5.75 Å². The van der Waals surface area contributed by atoms with E-state index in [0.717, 1.165) is 35.2 Å². The third-order valence-electron chi connectivity index (χ3n) is 3.99. The number of fused-ring (bicyclic) bond motifs is 1. The number of para-hydroxylation sites is 1. The lowest BCUT2D eigenvalue weighted by Crippen LogP contribution is -2.21. The van der Waals surface area contributed by atoms with Crippen LogP contribution in [0.3, 0.4) is 0 Å². The van der Waals surface area contributed by atoms with Crippen LogP contribution in [0.4, 0.5) is 5.69 Å². The highest BCUT2D eigenvalue weighted by molar-refractivity contribution is 5.87. The van der Waals surface area contributed by atoms with Crippen LogP contribution in [0, 0.1) is 0 Å². The molecular formula is C19H20N2O. The van der Waals surface area contributed by atoms with Crippen molar-refractivity contribution in [1.29, 1.82) is 0 Å². The van der Waals surface area contributed by atoms with Gasteiger partial charge in [-0.1, -0.05) is 24.3 Å². The topological polar surface area (TPSA) is 36.4 Å². The van der Waals surface area contributed by atoms with Crippen molar-refractivity contribution in [2.45, 2.75) is 13.8 Å². The highest BCUT2D eigenvalue weighted by atomic mass is 16.3. The first-order chi connectivity index (χ1) is 10.7. The largest absolute Gasteiger partial charge is 0.507 e. The summed E-state index contributed by atoms with van der Waals surface area (Å²) in [5.41, 5.74) is 3.82. The molecule has 0 fully saturated rings. The Morgan fingerprint density at radius 2 is 1.64 bits per heavy atom. The maximum Gasteiger partial charge on any atom is 0.127 e. The minimum absolute atomic E-state index is 0.272. The Morgan fingerprint density at radius 3 is 2.32 bits per heavy atom. The Morgan fingerprint density at radius 1 is 0.955 bits per heavy atom. The lowest BCUT2D eigenvalue weighted by molar-refractivity contribution is 0.481. The van der Waals surface area contributed by atoms with Gasteiger partial charge >= 0.3 is 0 Å². The first-order valence-corrected chi connectivity index (χ1v) is 7.67. The molecule has 0 amide bonds. The molecule has 1 heterocycles. The summed E-state index contributed by atoms with van der Waals surface area (Å²) in [6.45, 7) is 6.29. The van der Waals surface area contributed by atoms with E-state index >= 15 is 0 Å². The number of hydrogen-bond acceptors (Lipinski definition) is 3. The summed E-state index contributed by atoms with van der Waals surface area (Å²) in [6.07, 6.45) is 0. The lowest BCUT2D eigenvalue weighted by Gasteiger charge is -2.21. The molecule has 0 saturated carbocycles. The molecule has 112 valence electrons. The number of aromatic nitrogens is 1. The number of aromatic hydroxyl groups is 1. The van der Waals surface area contributed by atoms with Crippen molar-refractivity contribution in [2.75, 3.05) is 18.0 Å². The number of anilines is 1. The third-order valence-corrected chi connectivity index (χ3v) is 3.99. The Hall–Kier alpha value is -2.55. The average Bonchev–Trinajstić information content (AvgIpc) is 2.56. The summed E-state index contributed by atoms with van der Waals surface area (Å²) in [6, 6.07) is 17.7. The van der Waals surface area contributed by atoms with Gasteiger partial charge in [-0.05, 0) is 38.1 Å². The molecule has 0 aliphatic carbocycles. The minimum atomic E-state index is 0.272. The van der Waals surface area contributed by atoms with E-state index in [-0.39, 0.29) is 5.75 Å². The summed E-state index contributed by atoms with van der Waals surface area (Å²) in [7, 11) is 0. The first-order valence-electron chi connectivity index (χ1n) is 7.67. The second kappa shape index (κ2) is 6.06. The van der Waals surface area contributed by atoms with Crippen LogP contribution in [-0.2, 0) is 0 Å². The van der Waals surface area contributed by atoms with Crippen molar-refractivity contribution < 1.29 is 5.11 Å². The Balaban J connectivity index is 2.01. The fraction of sp³-hybridized carbons (Fsp3) is 0.211. The smallest absolute Gasteiger partial charge is 0.127 e. The lowest BCUT2D eigenvalue weighted by atomic mass is 10.1. The number of pyridine rings is 1. The Labute approximate surface area is 130 Å². The molecular weight excluding hydrogens is 272 g/mol. The first kappa shape index (κ1) is 14.4. The second-order valence-corrected chi connectivity index (χ2v) is 5.26. The Bertz CT molecular complexity index is 777. The van der Waals surface area contributed by atoms with Gasteiger partial charge in [0.25, 0.3) is 0 Å². The fourth-order valence-corrected chi connectivity index (χ4v) is 2.74. The van der Waals surface area contributed by atoms with Crippen LogP contribution in [0.15, 0.2) is 54.6 Å². The highest BCUT2D eigenvalue weighted by Gasteiger charge is 2.07. The zero-order chi connectivity index (χ0) is 15.5. The molecule has 3 nitrogen and oxygen atoms in total. The molecule has 0 saturated heterocycles. The van der Waals surface area contributed by atoms with Crippen molar-refractivity contribution in [3.8, 4) is 17.0 Å². The second-order valence-electron chi connectivity index (χ2n) is 5.26. The molecule has 0 aliphatic rings. The van der Waals surface area contributed by atoms with Crippen LogP contribution in [-0.4, -0.2) is 23.2 Å². The zero-order valence-corrected chi connectivity index (χ0v) is 13.0. The van der Waals surface area contributed by atoms with Gasteiger partial charge in [0.1, 0.15) is 5.75 Å². The molecule has 3 rings (SSSR count). The van der Waals surface area contributed by atoms with Crippen molar-refractivity contribution in [3.05, 3.63) is 54.6 Å². The van der Waals surface area contributed by atoms with Crippen LogP contribution < -0.4 is 4.90 Å². The van der Waals surface area contributed by atoms with Crippen LogP contribution in [0.25, 0.3) is 22.2 Å². The fourth-order valence-electron chi connectivity index (χ4n) is 2.74. The SMILES string of the molecule is CCN(CC)c1ccc(-c2cc(O)c3ccccc3n2)cc1. The van der Waals surface area contributed by atoms with E-state index < -0.39 is 0 Å². The summed E-state index contributed by atoms with van der Waals surface area (Å²) < 4.78 is 0. The van der Waals surface area contributed by atoms with E-state index in [1.165, 1.54) is 5.69 Å². The van der Waals surface area contributed by atoms with E-state index in [0.29, 0.717) is 0 Å². The van der Waals surface area contributed by atoms with Crippen molar-refractivity contribution in [2.24, 2.45) is 0 Å². The van der Waals surface area contributed by atoms with Gasteiger partial charge < -0.3 is 10.0 Å². The number of rotatable bonds is 4. The van der Waals surface area contributed by atoms with Gasteiger partial charge in [0, 0.05) is 35.8 Å². The zero-order valence-electron chi connectivity index (χ0n) is 13.0. The monoisotopic (exact) mass is 292 g/mol. The predicted octanol–water partition coefficient (Wildman–Crippen LogP) is 4.45. The van der Waals surface area contributed by atoms with Gasteiger partial charge in [-0.3, -0.25) is 0 Å². The Kier molecular flexibility index (Phi) is 3.96. The summed E-state index contributed by atoms with van der Waals surface area (Å²) in [5, 5.41) is 11.0. The van der Waals surface area contributed by atoms with E-state index in [1.54, 1.807) is 6.07 Å². The van der Waals surface area contributed by atoms with Crippen molar-refractivity contribution >= 4 is 16.6 Å². The van der Waals surface area contributed by atoms with Crippen molar-refractivity contribution in [3.63, 3.8) is 0 Å². The van der Waals surface area contributed by atoms with E-state index in [1.807, 2.05) is 24.3 Å². The molecule has 1 aromatic heterocycles. The quantitative estimate of drug-likeness (QED) is 0.771. The molecule has 0 radical (unpaired) electrons. The molecule has 0 spiro atoms. The molecule has 0 unspecified atom stereocenters. The molecule has 3 heteroatoms. The van der Waals surface area contributed by atoms with Gasteiger partial charge in [0.2, 0.25) is 0 Å². The van der Waals surface area contributed by atoms with Crippen molar-refractivity contribution in [1.82, 2.24) is 4.98 Å². The predicted molar refractivity (Wildman–Crippen MR) is 92.4 cm³/mol. The van der Waals surface area contributed by atoms with E-state index in [4.69, 9.17) is 0 Å². The minimum Gasteiger partial charge on any atom is -0.507 e. The molecule has 0 atom stereocenters. The van der Waals surface area contributed by atoms with E-state index in [9.17, 15) is 5.11 Å². The third kappa shape index (κ3) is 2.62. The summed E-state index contributed by atoms with van der Waals surface area (Å²) in [4.78, 5) is 6.95. The highest BCUT2D eigenvalue weighted by Crippen LogP contribution is 2.29. The molecule has 0 bridgehead atoms. The van der Waals surface area contributed by atoms with Gasteiger partial charge in [-0.2, -0.15) is 0 Å². The molecule has 0 aliphatic heterocycles. The van der Waals surface area contributed by atoms with Gasteiger partial charge in [-0.25, -0.2) is 4.98 Å². The molecule has 1 N–H and O–H groups in total. The number of hydrogen-bond donors (Lipinski definition) is 1. The van der Waals surface area contributed by atoms with E-state index in [2.05, 4.69) is 48.0 Å². The summed E-state index contributed by atoms with van der Waals surface area (Å²) >= 11 is 0. The number of benzene rings is 2. The normalized spacial score (nSPS) is 10.8.